The van der Waals surface area contributed by atoms with Crippen LogP contribution >= 0.6 is 0 Å². The molecule has 2 aliphatic rings. The van der Waals surface area contributed by atoms with Crippen LogP contribution in [0.3, 0.4) is 0 Å². The van der Waals surface area contributed by atoms with E-state index in [9.17, 15) is 4.21 Å². The SMILES string of the molecule is O=S(CC1CNC1)CC1CCOC1. The van der Waals surface area contributed by atoms with Crippen LogP contribution in [-0.2, 0) is 15.5 Å². The van der Waals surface area contributed by atoms with E-state index in [0.717, 1.165) is 44.2 Å². The highest BCUT2D eigenvalue weighted by Gasteiger charge is 2.23. The number of ether oxygens (including phenoxy) is 1. The van der Waals surface area contributed by atoms with Crippen LogP contribution in [0, 0.1) is 11.8 Å². The van der Waals surface area contributed by atoms with Gasteiger partial charge in [-0.25, -0.2) is 0 Å². The van der Waals surface area contributed by atoms with Gasteiger partial charge in [-0.05, 0) is 18.3 Å². The van der Waals surface area contributed by atoms with Crippen LogP contribution in [-0.4, -0.2) is 42.0 Å². The van der Waals surface area contributed by atoms with Gasteiger partial charge in [0.25, 0.3) is 0 Å². The Labute approximate surface area is 81.7 Å². The molecule has 2 fully saturated rings. The van der Waals surface area contributed by atoms with Gasteiger partial charge in [0, 0.05) is 42.0 Å². The summed E-state index contributed by atoms with van der Waals surface area (Å²) in [4.78, 5) is 0. The molecule has 3 nitrogen and oxygen atoms in total. The lowest BCUT2D eigenvalue weighted by atomic mass is 10.1. The summed E-state index contributed by atoms with van der Waals surface area (Å²) in [7, 11) is -0.609. The molecule has 0 saturated carbocycles. The Morgan fingerprint density at radius 1 is 1.31 bits per heavy atom. The van der Waals surface area contributed by atoms with Crippen molar-refractivity contribution in [3.8, 4) is 0 Å². The summed E-state index contributed by atoms with van der Waals surface area (Å²) >= 11 is 0. The second-order valence-corrected chi connectivity index (χ2v) is 5.57. The van der Waals surface area contributed by atoms with Crippen LogP contribution in [0.2, 0.25) is 0 Å². The number of rotatable bonds is 4. The molecule has 0 amide bonds. The van der Waals surface area contributed by atoms with Crippen LogP contribution in [0.25, 0.3) is 0 Å². The van der Waals surface area contributed by atoms with Gasteiger partial charge < -0.3 is 10.1 Å². The molecule has 2 unspecified atom stereocenters. The highest BCUT2D eigenvalue weighted by atomic mass is 32.2. The minimum Gasteiger partial charge on any atom is -0.381 e. The zero-order valence-corrected chi connectivity index (χ0v) is 8.65. The minimum atomic E-state index is -0.609. The van der Waals surface area contributed by atoms with Gasteiger partial charge in [-0.2, -0.15) is 0 Å². The molecule has 2 heterocycles. The second-order valence-electron chi connectivity index (χ2n) is 4.03. The van der Waals surface area contributed by atoms with Gasteiger partial charge in [-0.15, -0.1) is 0 Å². The largest absolute Gasteiger partial charge is 0.381 e. The normalized spacial score (nSPS) is 31.5. The van der Waals surface area contributed by atoms with Crippen LogP contribution in [0.1, 0.15) is 6.42 Å². The van der Waals surface area contributed by atoms with E-state index in [0.29, 0.717) is 11.8 Å². The van der Waals surface area contributed by atoms with Crippen molar-refractivity contribution in [2.75, 3.05) is 37.8 Å². The summed E-state index contributed by atoms with van der Waals surface area (Å²) in [5.74, 6) is 2.98. The molecule has 0 aromatic heterocycles. The van der Waals surface area contributed by atoms with E-state index in [1.165, 1.54) is 0 Å². The quantitative estimate of drug-likeness (QED) is 0.698. The third-order valence-corrected chi connectivity index (χ3v) is 4.42. The van der Waals surface area contributed by atoms with Gasteiger partial charge in [-0.3, -0.25) is 4.21 Å². The van der Waals surface area contributed by atoms with Crippen molar-refractivity contribution >= 4 is 10.8 Å². The molecule has 0 bridgehead atoms. The summed E-state index contributed by atoms with van der Waals surface area (Å²) in [6.45, 7) is 3.82. The van der Waals surface area contributed by atoms with Crippen LogP contribution in [0.15, 0.2) is 0 Å². The molecule has 2 rings (SSSR count). The maximum Gasteiger partial charge on any atom is 0.0503 e. The maximum atomic E-state index is 11.6. The Bertz CT molecular complexity index is 188. The minimum absolute atomic E-state index is 0.564. The van der Waals surface area contributed by atoms with Gasteiger partial charge in [0.05, 0.1) is 6.61 Å². The monoisotopic (exact) mass is 203 g/mol. The van der Waals surface area contributed by atoms with E-state index < -0.39 is 10.8 Å². The molecule has 0 aromatic rings. The first kappa shape index (κ1) is 9.62. The summed E-state index contributed by atoms with van der Waals surface area (Å²) in [6.07, 6.45) is 1.11. The van der Waals surface area contributed by atoms with Gasteiger partial charge >= 0.3 is 0 Å². The smallest absolute Gasteiger partial charge is 0.0503 e. The zero-order chi connectivity index (χ0) is 9.10. The average Bonchev–Trinajstić information content (AvgIpc) is 2.49. The fourth-order valence-corrected chi connectivity index (χ4v) is 3.46. The highest BCUT2D eigenvalue weighted by Crippen LogP contribution is 2.15. The van der Waals surface area contributed by atoms with Crippen molar-refractivity contribution in [3.05, 3.63) is 0 Å². The van der Waals surface area contributed by atoms with Gasteiger partial charge in [0.2, 0.25) is 0 Å². The zero-order valence-electron chi connectivity index (χ0n) is 7.83. The molecule has 2 atom stereocenters. The molecule has 0 aromatic carbocycles. The first-order chi connectivity index (χ1) is 6.34. The topological polar surface area (TPSA) is 38.3 Å². The lowest BCUT2D eigenvalue weighted by molar-refractivity contribution is 0.189. The molecule has 2 saturated heterocycles. The fraction of sp³-hybridized carbons (Fsp3) is 1.00. The van der Waals surface area contributed by atoms with Crippen molar-refractivity contribution in [1.29, 1.82) is 0 Å². The third-order valence-electron chi connectivity index (χ3n) is 2.73. The Morgan fingerprint density at radius 2 is 2.08 bits per heavy atom. The molecular formula is C9H17NO2S. The Morgan fingerprint density at radius 3 is 2.62 bits per heavy atom. The average molecular weight is 203 g/mol. The Hall–Kier alpha value is 0.0700. The molecule has 2 aliphatic heterocycles. The van der Waals surface area contributed by atoms with E-state index in [1.54, 1.807) is 0 Å². The predicted octanol–water partition coefficient (Wildman–Crippen LogP) is -0.00900. The van der Waals surface area contributed by atoms with Crippen molar-refractivity contribution in [2.45, 2.75) is 6.42 Å². The van der Waals surface area contributed by atoms with Crippen LogP contribution < -0.4 is 5.32 Å². The summed E-state index contributed by atoms with van der Waals surface area (Å²) in [5, 5.41) is 3.20. The molecule has 1 N–H and O–H groups in total. The summed E-state index contributed by atoms with van der Waals surface area (Å²) in [5.41, 5.74) is 0. The summed E-state index contributed by atoms with van der Waals surface area (Å²) in [6, 6.07) is 0. The molecular weight excluding hydrogens is 186 g/mol. The third kappa shape index (κ3) is 2.76. The number of hydrogen-bond acceptors (Lipinski definition) is 3. The van der Waals surface area contributed by atoms with E-state index in [-0.39, 0.29) is 0 Å². The first-order valence-electron chi connectivity index (χ1n) is 4.98. The number of nitrogens with one attached hydrogen (secondary N) is 1. The predicted molar refractivity (Wildman–Crippen MR) is 53.2 cm³/mol. The van der Waals surface area contributed by atoms with E-state index in [1.807, 2.05) is 0 Å². The van der Waals surface area contributed by atoms with E-state index >= 15 is 0 Å². The molecule has 13 heavy (non-hydrogen) atoms. The van der Waals surface area contributed by atoms with Crippen molar-refractivity contribution in [1.82, 2.24) is 5.32 Å². The molecule has 0 aliphatic carbocycles. The standard InChI is InChI=1S/C9H17NO2S/c11-13(7-9-3-10-4-9)6-8-1-2-12-5-8/h8-10H,1-7H2. The molecule has 76 valence electrons. The Balaban J connectivity index is 1.64. The van der Waals surface area contributed by atoms with Crippen LogP contribution in [0.5, 0.6) is 0 Å². The molecule has 0 spiro atoms. The van der Waals surface area contributed by atoms with Gasteiger partial charge in [0.1, 0.15) is 0 Å². The van der Waals surface area contributed by atoms with Gasteiger partial charge in [-0.1, -0.05) is 0 Å². The van der Waals surface area contributed by atoms with E-state index in [2.05, 4.69) is 5.32 Å². The molecule has 4 heteroatoms. The molecule has 0 radical (unpaired) electrons. The lowest BCUT2D eigenvalue weighted by Crippen LogP contribution is -2.45. The van der Waals surface area contributed by atoms with E-state index in [4.69, 9.17) is 4.74 Å². The highest BCUT2D eigenvalue weighted by molar-refractivity contribution is 7.85. The maximum absolute atomic E-state index is 11.6. The van der Waals surface area contributed by atoms with Gasteiger partial charge in [0.15, 0.2) is 0 Å². The first-order valence-corrected chi connectivity index (χ1v) is 6.47. The second kappa shape index (κ2) is 4.53. The Kier molecular flexibility index (Phi) is 3.35. The van der Waals surface area contributed by atoms with Crippen molar-refractivity contribution in [3.63, 3.8) is 0 Å². The number of hydrogen-bond donors (Lipinski definition) is 1. The fourth-order valence-electron chi connectivity index (χ4n) is 1.77. The van der Waals surface area contributed by atoms with Crippen molar-refractivity contribution < 1.29 is 8.95 Å². The van der Waals surface area contributed by atoms with Crippen LogP contribution in [0.4, 0.5) is 0 Å². The van der Waals surface area contributed by atoms with Crippen molar-refractivity contribution in [2.24, 2.45) is 11.8 Å². The summed E-state index contributed by atoms with van der Waals surface area (Å²) < 4.78 is 16.9. The lowest BCUT2D eigenvalue weighted by Gasteiger charge is -2.26.